The molecule has 0 aliphatic rings. The average molecular weight is 425 g/mol. The predicted molar refractivity (Wildman–Crippen MR) is 112 cm³/mol. The Bertz CT molecular complexity index is 914. The van der Waals surface area contributed by atoms with Gasteiger partial charge in [0.05, 0.1) is 10.6 Å². The fourth-order valence-electron chi connectivity index (χ4n) is 2.46. The zero-order chi connectivity index (χ0) is 20.7. The standard InChI is InChI=1S/C20H25FN2O3S2/c1-14(2)20(24)23-18-13-17(10-11-19(18)27-3)28(25,26)22-12-4-5-15-6-8-16(21)9-7-15/h6-11,13-14,22H,4-5,12H2,1-3H3,(H,23,24). The molecule has 5 nitrogen and oxygen atoms in total. The summed E-state index contributed by atoms with van der Waals surface area (Å²) in [4.78, 5) is 12.9. The molecule has 0 heterocycles. The van der Waals surface area contributed by atoms with Gasteiger partial charge in [-0.15, -0.1) is 11.8 Å². The Kier molecular flexibility index (Phi) is 8.03. The van der Waals surface area contributed by atoms with Crippen LogP contribution in [0.25, 0.3) is 0 Å². The third-order valence-electron chi connectivity index (χ3n) is 4.11. The second kappa shape index (κ2) is 10.0. The highest BCUT2D eigenvalue weighted by molar-refractivity contribution is 7.98. The molecule has 0 atom stereocenters. The normalized spacial score (nSPS) is 11.6. The van der Waals surface area contributed by atoms with Crippen LogP contribution in [0.1, 0.15) is 25.8 Å². The van der Waals surface area contributed by atoms with E-state index in [1.165, 1.54) is 36.0 Å². The van der Waals surface area contributed by atoms with E-state index < -0.39 is 10.0 Å². The van der Waals surface area contributed by atoms with Gasteiger partial charge in [0.2, 0.25) is 15.9 Å². The largest absolute Gasteiger partial charge is 0.325 e. The molecule has 0 spiro atoms. The van der Waals surface area contributed by atoms with Crippen molar-refractivity contribution in [2.45, 2.75) is 36.5 Å². The van der Waals surface area contributed by atoms with Crippen molar-refractivity contribution in [2.75, 3.05) is 18.1 Å². The summed E-state index contributed by atoms with van der Waals surface area (Å²) in [6, 6.07) is 10.9. The molecule has 0 radical (unpaired) electrons. The van der Waals surface area contributed by atoms with Crippen LogP contribution in [0.4, 0.5) is 10.1 Å². The first-order valence-corrected chi connectivity index (χ1v) is 11.7. The minimum absolute atomic E-state index is 0.103. The lowest BCUT2D eigenvalue weighted by Gasteiger charge is -2.14. The number of halogens is 1. The molecule has 0 unspecified atom stereocenters. The maximum absolute atomic E-state index is 12.9. The summed E-state index contributed by atoms with van der Waals surface area (Å²) in [5.74, 6) is -0.671. The number of aryl methyl sites for hydroxylation is 1. The van der Waals surface area contributed by atoms with Crippen LogP contribution in [0.3, 0.4) is 0 Å². The van der Waals surface area contributed by atoms with E-state index in [0.717, 1.165) is 10.5 Å². The second-order valence-corrected chi connectivity index (χ2v) is 9.25. The Balaban J connectivity index is 2.03. The molecule has 2 aromatic rings. The predicted octanol–water partition coefficient (Wildman–Crippen LogP) is 4.05. The topological polar surface area (TPSA) is 75.3 Å². The average Bonchev–Trinajstić information content (AvgIpc) is 2.66. The van der Waals surface area contributed by atoms with Gasteiger partial charge in [0.15, 0.2) is 0 Å². The van der Waals surface area contributed by atoms with Crippen LogP contribution in [0, 0.1) is 11.7 Å². The smallest absolute Gasteiger partial charge is 0.240 e. The van der Waals surface area contributed by atoms with Crippen LogP contribution >= 0.6 is 11.8 Å². The summed E-state index contributed by atoms with van der Waals surface area (Å²) in [5.41, 5.74) is 1.43. The van der Waals surface area contributed by atoms with Gasteiger partial charge in [0, 0.05) is 17.4 Å². The molecule has 152 valence electrons. The Labute approximate surface area is 170 Å². The molecule has 2 N–H and O–H groups in total. The second-order valence-electron chi connectivity index (χ2n) is 6.63. The number of carbonyl (C=O) groups is 1. The summed E-state index contributed by atoms with van der Waals surface area (Å²) in [7, 11) is -3.70. The fourth-order valence-corrected chi connectivity index (χ4v) is 4.10. The van der Waals surface area contributed by atoms with Crippen LogP contribution in [0.2, 0.25) is 0 Å². The number of amides is 1. The zero-order valence-electron chi connectivity index (χ0n) is 16.2. The highest BCUT2D eigenvalue weighted by atomic mass is 32.2. The molecule has 0 fully saturated rings. The van der Waals surface area contributed by atoms with Gasteiger partial charge in [-0.25, -0.2) is 17.5 Å². The molecule has 2 aromatic carbocycles. The molecule has 28 heavy (non-hydrogen) atoms. The first kappa shape index (κ1) is 22.4. The van der Waals surface area contributed by atoms with E-state index in [1.54, 1.807) is 32.0 Å². The molecule has 0 saturated carbocycles. The molecule has 0 aliphatic heterocycles. The van der Waals surface area contributed by atoms with Crippen LogP contribution in [-0.4, -0.2) is 27.1 Å². The van der Waals surface area contributed by atoms with Crippen LogP contribution < -0.4 is 10.0 Å². The molecule has 2 rings (SSSR count). The minimum Gasteiger partial charge on any atom is -0.325 e. The maximum Gasteiger partial charge on any atom is 0.240 e. The molecule has 0 saturated heterocycles. The highest BCUT2D eigenvalue weighted by Crippen LogP contribution is 2.28. The van der Waals surface area contributed by atoms with E-state index in [0.29, 0.717) is 18.5 Å². The van der Waals surface area contributed by atoms with Crippen molar-refractivity contribution in [3.63, 3.8) is 0 Å². The SMILES string of the molecule is CSc1ccc(S(=O)(=O)NCCCc2ccc(F)cc2)cc1NC(=O)C(C)C. The van der Waals surface area contributed by atoms with E-state index in [4.69, 9.17) is 0 Å². The lowest BCUT2D eigenvalue weighted by molar-refractivity contribution is -0.118. The van der Waals surface area contributed by atoms with Crippen molar-refractivity contribution in [1.29, 1.82) is 0 Å². The third kappa shape index (κ3) is 6.32. The third-order valence-corrected chi connectivity index (χ3v) is 6.37. The zero-order valence-corrected chi connectivity index (χ0v) is 17.8. The van der Waals surface area contributed by atoms with Crippen LogP contribution in [0.5, 0.6) is 0 Å². The number of nitrogens with one attached hydrogen (secondary N) is 2. The quantitative estimate of drug-likeness (QED) is 0.470. The lowest BCUT2D eigenvalue weighted by Crippen LogP contribution is -2.25. The van der Waals surface area contributed by atoms with E-state index in [1.807, 2.05) is 6.26 Å². The van der Waals surface area contributed by atoms with Gasteiger partial charge < -0.3 is 5.32 Å². The van der Waals surface area contributed by atoms with Gasteiger partial charge in [-0.2, -0.15) is 0 Å². The van der Waals surface area contributed by atoms with Gasteiger partial charge in [-0.05, 0) is 55.0 Å². The number of anilines is 1. The molecular formula is C20H25FN2O3S2. The summed E-state index contributed by atoms with van der Waals surface area (Å²) in [6.07, 6.45) is 3.09. The van der Waals surface area contributed by atoms with Gasteiger partial charge in [0.25, 0.3) is 0 Å². The summed E-state index contributed by atoms with van der Waals surface area (Å²) in [5, 5.41) is 2.78. The number of hydrogen-bond acceptors (Lipinski definition) is 4. The number of rotatable bonds is 9. The molecular weight excluding hydrogens is 399 g/mol. The van der Waals surface area contributed by atoms with Crippen molar-refractivity contribution in [3.05, 3.63) is 53.8 Å². The Hall–Kier alpha value is -1.90. The van der Waals surface area contributed by atoms with Gasteiger partial charge >= 0.3 is 0 Å². The molecule has 0 bridgehead atoms. The van der Waals surface area contributed by atoms with Gasteiger partial charge in [0.1, 0.15) is 5.82 Å². The van der Waals surface area contributed by atoms with Crippen molar-refractivity contribution in [3.8, 4) is 0 Å². The summed E-state index contributed by atoms with van der Waals surface area (Å²) < 4.78 is 40.6. The minimum atomic E-state index is -3.70. The molecule has 8 heteroatoms. The Morgan fingerprint density at radius 1 is 1.14 bits per heavy atom. The van der Waals surface area contributed by atoms with Crippen LogP contribution in [-0.2, 0) is 21.2 Å². The van der Waals surface area contributed by atoms with E-state index >= 15 is 0 Å². The van der Waals surface area contributed by atoms with Crippen molar-refractivity contribution >= 4 is 33.4 Å². The first-order valence-electron chi connectivity index (χ1n) is 8.96. The lowest BCUT2D eigenvalue weighted by atomic mass is 10.1. The van der Waals surface area contributed by atoms with Crippen molar-refractivity contribution in [2.24, 2.45) is 5.92 Å². The Morgan fingerprint density at radius 3 is 2.43 bits per heavy atom. The number of thioether (sulfide) groups is 1. The molecule has 1 amide bonds. The first-order chi connectivity index (χ1) is 13.2. The van der Waals surface area contributed by atoms with E-state index in [9.17, 15) is 17.6 Å². The fraction of sp³-hybridized carbons (Fsp3) is 0.350. The molecule has 0 aliphatic carbocycles. The van der Waals surface area contributed by atoms with Crippen molar-refractivity contribution < 1.29 is 17.6 Å². The number of carbonyl (C=O) groups excluding carboxylic acids is 1. The summed E-state index contributed by atoms with van der Waals surface area (Å²) >= 11 is 1.43. The van der Waals surface area contributed by atoms with Gasteiger partial charge in [-0.1, -0.05) is 26.0 Å². The summed E-state index contributed by atoms with van der Waals surface area (Å²) in [6.45, 7) is 3.81. The van der Waals surface area contributed by atoms with Crippen LogP contribution in [0.15, 0.2) is 52.3 Å². The highest BCUT2D eigenvalue weighted by Gasteiger charge is 2.17. The monoisotopic (exact) mass is 424 g/mol. The molecule has 0 aromatic heterocycles. The maximum atomic E-state index is 12.9. The van der Waals surface area contributed by atoms with Crippen molar-refractivity contribution in [1.82, 2.24) is 4.72 Å². The number of hydrogen-bond donors (Lipinski definition) is 2. The Morgan fingerprint density at radius 2 is 1.82 bits per heavy atom. The van der Waals surface area contributed by atoms with E-state index in [2.05, 4.69) is 10.0 Å². The number of sulfonamides is 1. The van der Waals surface area contributed by atoms with E-state index in [-0.39, 0.29) is 29.1 Å². The van der Waals surface area contributed by atoms with Gasteiger partial charge in [-0.3, -0.25) is 4.79 Å². The number of benzene rings is 2.